The zero-order valence-electron chi connectivity index (χ0n) is 19.3. The highest BCUT2D eigenvalue weighted by Gasteiger charge is 2.43. The minimum atomic E-state index is -1.19. The number of aromatic carboxylic acids is 1. The van der Waals surface area contributed by atoms with Crippen molar-refractivity contribution in [3.05, 3.63) is 71.4 Å². The van der Waals surface area contributed by atoms with E-state index in [0.717, 1.165) is 35.1 Å². The SMILES string of the molecule is Cn1nc(C(=O)O)cc1NC(=O)C1(NC(=O)OCC2c3ccccc3-c3ccccc32)CCCC1. The molecular weight excluding hydrogens is 448 g/mol. The van der Waals surface area contributed by atoms with Gasteiger partial charge in [0.05, 0.1) is 0 Å². The summed E-state index contributed by atoms with van der Waals surface area (Å²) in [5.74, 6) is -1.43. The first kappa shape index (κ1) is 22.6. The summed E-state index contributed by atoms with van der Waals surface area (Å²) in [7, 11) is 1.54. The van der Waals surface area contributed by atoms with Crippen LogP contribution in [0.1, 0.15) is 53.2 Å². The number of benzene rings is 2. The molecule has 0 unspecified atom stereocenters. The Morgan fingerprint density at radius 1 is 1.06 bits per heavy atom. The number of fused-ring (bicyclic) bond motifs is 3. The van der Waals surface area contributed by atoms with Crippen molar-refractivity contribution in [3.63, 3.8) is 0 Å². The van der Waals surface area contributed by atoms with Crippen LogP contribution in [0.25, 0.3) is 11.1 Å². The summed E-state index contributed by atoms with van der Waals surface area (Å²) in [4.78, 5) is 37.3. The Morgan fingerprint density at radius 3 is 2.23 bits per heavy atom. The van der Waals surface area contributed by atoms with Crippen LogP contribution < -0.4 is 10.6 Å². The largest absolute Gasteiger partial charge is 0.476 e. The predicted molar refractivity (Wildman–Crippen MR) is 128 cm³/mol. The minimum absolute atomic E-state index is 0.0783. The van der Waals surface area contributed by atoms with Crippen molar-refractivity contribution in [1.29, 1.82) is 0 Å². The molecule has 3 aromatic rings. The monoisotopic (exact) mass is 474 g/mol. The van der Waals surface area contributed by atoms with E-state index in [-0.39, 0.29) is 24.0 Å². The lowest BCUT2D eigenvalue weighted by Gasteiger charge is -2.28. The molecule has 0 bridgehead atoms. The van der Waals surface area contributed by atoms with E-state index in [1.54, 1.807) is 7.05 Å². The number of aryl methyl sites for hydroxylation is 1. The number of alkyl carbamates (subject to hydrolysis) is 1. The lowest BCUT2D eigenvalue weighted by molar-refractivity contribution is -0.122. The Balaban J connectivity index is 1.29. The summed E-state index contributed by atoms with van der Waals surface area (Å²) in [6.07, 6.45) is 1.84. The molecule has 0 saturated heterocycles. The van der Waals surface area contributed by atoms with Crippen molar-refractivity contribution in [1.82, 2.24) is 15.1 Å². The molecule has 1 aromatic heterocycles. The van der Waals surface area contributed by atoms with Crippen molar-refractivity contribution in [3.8, 4) is 11.1 Å². The summed E-state index contributed by atoms with van der Waals surface area (Å²) in [5, 5.41) is 18.6. The molecule has 1 saturated carbocycles. The van der Waals surface area contributed by atoms with Crippen LogP contribution in [0, 0.1) is 0 Å². The molecule has 2 aliphatic carbocycles. The Labute approximate surface area is 202 Å². The number of anilines is 1. The van der Waals surface area contributed by atoms with Gasteiger partial charge >= 0.3 is 12.1 Å². The van der Waals surface area contributed by atoms with Gasteiger partial charge < -0.3 is 20.5 Å². The third-order valence-corrected chi connectivity index (χ3v) is 6.92. The molecule has 9 heteroatoms. The molecule has 0 spiro atoms. The Bertz CT molecular complexity index is 1260. The maximum absolute atomic E-state index is 13.2. The Kier molecular flexibility index (Phi) is 5.76. The van der Waals surface area contributed by atoms with Crippen LogP contribution in [-0.4, -0.2) is 45.0 Å². The van der Waals surface area contributed by atoms with Gasteiger partial charge in [-0.3, -0.25) is 9.48 Å². The van der Waals surface area contributed by atoms with Crippen molar-refractivity contribution in [2.24, 2.45) is 7.05 Å². The zero-order valence-corrected chi connectivity index (χ0v) is 19.3. The number of hydrogen-bond acceptors (Lipinski definition) is 5. The van der Waals surface area contributed by atoms with Gasteiger partial charge in [-0.15, -0.1) is 0 Å². The van der Waals surface area contributed by atoms with E-state index < -0.39 is 23.5 Å². The molecule has 35 heavy (non-hydrogen) atoms. The highest BCUT2D eigenvalue weighted by atomic mass is 16.5. The normalized spacial score (nSPS) is 15.8. The third kappa shape index (κ3) is 4.14. The van der Waals surface area contributed by atoms with Crippen molar-refractivity contribution in [2.45, 2.75) is 37.1 Å². The van der Waals surface area contributed by atoms with E-state index in [9.17, 15) is 14.4 Å². The van der Waals surface area contributed by atoms with Crippen molar-refractivity contribution < 1.29 is 24.2 Å². The number of carboxylic acid groups (broad SMARTS) is 1. The third-order valence-electron chi connectivity index (χ3n) is 6.92. The van der Waals surface area contributed by atoms with Gasteiger partial charge in [-0.2, -0.15) is 5.10 Å². The van der Waals surface area contributed by atoms with Crippen LogP contribution in [0.4, 0.5) is 10.6 Å². The maximum Gasteiger partial charge on any atom is 0.408 e. The summed E-state index contributed by atoms with van der Waals surface area (Å²) >= 11 is 0. The zero-order chi connectivity index (χ0) is 24.6. The fraction of sp³-hybridized carbons (Fsp3) is 0.308. The molecule has 3 N–H and O–H groups in total. The molecule has 2 aromatic carbocycles. The van der Waals surface area contributed by atoms with Gasteiger partial charge in [-0.25, -0.2) is 9.59 Å². The van der Waals surface area contributed by atoms with Gasteiger partial charge in [0.15, 0.2) is 5.69 Å². The summed E-state index contributed by atoms with van der Waals surface area (Å²) in [6.45, 7) is 0.154. The molecule has 180 valence electrons. The standard InChI is InChI=1S/C26H26N4O5/c1-30-22(14-21(29-30)23(31)32)27-24(33)26(12-6-7-13-26)28-25(34)35-15-20-18-10-4-2-8-16(18)17-9-3-5-11-19(17)20/h2-5,8-11,14,20H,6-7,12-13,15H2,1H3,(H,27,33)(H,28,34)(H,31,32). The molecule has 2 aliphatic rings. The summed E-state index contributed by atoms with van der Waals surface area (Å²) < 4.78 is 6.95. The molecule has 5 rings (SSSR count). The van der Waals surface area contributed by atoms with Gasteiger partial charge in [0.1, 0.15) is 18.0 Å². The molecule has 1 fully saturated rings. The van der Waals surface area contributed by atoms with Crippen LogP contribution in [0.3, 0.4) is 0 Å². The van der Waals surface area contributed by atoms with Crippen molar-refractivity contribution in [2.75, 3.05) is 11.9 Å². The number of carboxylic acids is 1. The van der Waals surface area contributed by atoms with Crippen LogP contribution in [-0.2, 0) is 16.6 Å². The maximum atomic E-state index is 13.2. The molecule has 9 nitrogen and oxygen atoms in total. The van der Waals surface area contributed by atoms with Gasteiger partial charge in [0, 0.05) is 19.0 Å². The fourth-order valence-corrected chi connectivity index (χ4v) is 5.14. The molecule has 0 aliphatic heterocycles. The fourth-order valence-electron chi connectivity index (χ4n) is 5.14. The van der Waals surface area contributed by atoms with Crippen LogP contribution >= 0.6 is 0 Å². The van der Waals surface area contributed by atoms with E-state index >= 15 is 0 Å². The second-order valence-electron chi connectivity index (χ2n) is 9.04. The first-order valence-electron chi connectivity index (χ1n) is 11.6. The smallest absolute Gasteiger partial charge is 0.408 e. The number of ether oxygens (including phenoxy) is 1. The highest BCUT2D eigenvalue weighted by molar-refractivity contribution is 6.00. The van der Waals surface area contributed by atoms with E-state index in [0.29, 0.717) is 12.8 Å². The van der Waals surface area contributed by atoms with E-state index in [2.05, 4.69) is 27.9 Å². The average Bonchev–Trinajstić information content (AvgIpc) is 3.55. The molecule has 0 radical (unpaired) electrons. The second-order valence-corrected chi connectivity index (χ2v) is 9.04. The molecule has 0 atom stereocenters. The number of carbonyl (C=O) groups excluding carboxylic acids is 2. The minimum Gasteiger partial charge on any atom is -0.476 e. The lowest BCUT2D eigenvalue weighted by atomic mass is 9.96. The highest BCUT2D eigenvalue weighted by Crippen LogP contribution is 2.44. The lowest BCUT2D eigenvalue weighted by Crippen LogP contribution is -2.55. The molecule has 2 amide bonds. The number of carbonyl (C=O) groups is 3. The predicted octanol–water partition coefficient (Wildman–Crippen LogP) is 3.91. The number of rotatable bonds is 6. The number of amides is 2. The first-order chi connectivity index (χ1) is 16.9. The first-order valence-corrected chi connectivity index (χ1v) is 11.6. The Hall–Kier alpha value is -4.14. The average molecular weight is 475 g/mol. The van der Waals surface area contributed by atoms with E-state index in [1.807, 2.05) is 36.4 Å². The van der Waals surface area contributed by atoms with Gasteiger partial charge in [0.25, 0.3) is 5.91 Å². The topological polar surface area (TPSA) is 123 Å². The Morgan fingerprint density at radius 2 is 1.66 bits per heavy atom. The van der Waals surface area contributed by atoms with Gasteiger partial charge in [0.2, 0.25) is 0 Å². The quantitative estimate of drug-likeness (QED) is 0.498. The van der Waals surface area contributed by atoms with Crippen LogP contribution in [0.15, 0.2) is 54.6 Å². The molecule has 1 heterocycles. The second kappa shape index (κ2) is 8.90. The molecular formula is C26H26N4O5. The van der Waals surface area contributed by atoms with Crippen LogP contribution in [0.5, 0.6) is 0 Å². The van der Waals surface area contributed by atoms with E-state index in [1.165, 1.54) is 10.7 Å². The van der Waals surface area contributed by atoms with Crippen molar-refractivity contribution >= 4 is 23.8 Å². The number of nitrogens with zero attached hydrogens (tertiary/aromatic N) is 2. The number of hydrogen-bond donors (Lipinski definition) is 3. The van der Waals surface area contributed by atoms with Crippen LogP contribution in [0.2, 0.25) is 0 Å². The van der Waals surface area contributed by atoms with Gasteiger partial charge in [-0.05, 0) is 35.1 Å². The number of nitrogens with one attached hydrogen (secondary N) is 2. The number of aromatic nitrogens is 2. The summed E-state index contributed by atoms with van der Waals surface area (Å²) in [6, 6.07) is 17.5. The summed E-state index contributed by atoms with van der Waals surface area (Å²) in [5.41, 5.74) is 3.20. The van der Waals surface area contributed by atoms with Gasteiger partial charge in [-0.1, -0.05) is 61.4 Å². The van der Waals surface area contributed by atoms with E-state index in [4.69, 9.17) is 9.84 Å².